The Morgan fingerprint density at radius 3 is 2.57 bits per heavy atom. The predicted molar refractivity (Wildman–Crippen MR) is 112 cm³/mol. The molecular weight excluding hydrogens is 382 g/mol. The van der Waals surface area contributed by atoms with Gasteiger partial charge in [0.1, 0.15) is 0 Å². The van der Waals surface area contributed by atoms with Crippen LogP contribution in [0.25, 0.3) is 11.1 Å². The Labute approximate surface area is 173 Å². The number of nitrogens with one attached hydrogen (secondary N) is 1. The van der Waals surface area contributed by atoms with Crippen molar-refractivity contribution < 1.29 is 14.7 Å². The molecule has 7 heteroatoms. The van der Waals surface area contributed by atoms with Gasteiger partial charge in [0.15, 0.2) is 0 Å². The molecule has 0 atom stereocenters. The molecule has 0 bridgehead atoms. The number of aryl methyl sites for hydroxylation is 1. The van der Waals surface area contributed by atoms with E-state index >= 15 is 0 Å². The normalized spacial score (nSPS) is 10.1. The lowest BCUT2D eigenvalue weighted by Crippen LogP contribution is -2.14. The summed E-state index contributed by atoms with van der Waals surface area (Å²) in [4.78, 5) is 26.8. The van der Waals surface area contributed by atoms with Crippen molar-refractivity contribution in [1.29, 1.82) is 5.26 Å². The van der Waals surface area contributed by atoms with E-state index in [1.54, 1.807) is 12.1 Å². The highest BCUT2D eigenvalue weighted by Gasteiger charge is 2.18. The van der Waals surface area contributed by atoms with Gasteiger partial charge in [0.05, 0.1) is 22.9 Å². The maximum absolute atomic E-state index is 12.1. The molecule has 0 amide bonds. The SMILES string of the molecule is CCc1cccc(C(=O)O[N+](=O)[O-])c1NCc1ccc(-c2ccccc2)c(C#N)c1. The molecule has 0 aliphatic heterocycles. The second kappa shape index (κ2) is 9.34. The van der Waals surface area contributed by atoms with E-state index < -0.39 is 11.1 Å². The molecule has 0 spiro atoms. The fourth-order valence-corrected chi connectivity index (χ4v) is 3.24. The molecule has 7 nitrogen and oxygen atoms in total. The van der Waals surface area contributed by atoms with E-state index in [2.05, 4.69) is 16.2 Å². The standard InChI is InChI=1S/C23H19N3O4/c1-2-17-9-6-10-21(23(27)30-26(28)29)22(17)25-15-16-11-12-20(19(13-16)14-24)18-7-4-3-5-8-18/h3-13,25H,2,15H2,1H3. The summed E-state index contributed by atoms with van der Waals surface area (Å²) < 4.78 is 0. The van der Waals surface area contributed by atoms with Crippen LogP contribution in [0.15, 0.2) is 66.7 Å². The third-order valence-corrected chi connectivity index (χ3v) is 4.67. The number of carbonyl (C=O) groups is 1. The highest BCUT2D eigenvalue weighted by Crippen LogP contribution is 2.26. The molecule has 0 heterocycles. The van der Waals surface area contributed by atoms with Crippen molar-refractivity contribution in [1.82, 2.24) is 0 Å². The monoisotopic (exact) mass is 401 g/mol. The molecule has 0 radical (unpaired) electrons. The van der Waals surface area contributed by atoms with Crippen molar-refractivity contribution in [3.8, 4) is 17.2 Å². The lowest BCUT2D eigenvalue weighted by atomic mass is 9.98. The highest BCUT2D eigenvalue weighted by molar-refractivity contribution is 5.96. The summed E-state index contributed by atoms with van der Waals surface area (Å²) in [7, 11) is 0. The Morgan fingerprint density at radius 2 is 1.90 bits per heavy atom. The van der Waals surface area contributed by atoms with Gasteiger partial charge in [-0.15, -0.1) is 10.1 Å². The minimum absolute atomic E-state index is 0.0902. The fourth-order valence-electron chi connectivity index (χ4n) is 3.24. The van der Waals surface area contributed by atoms with Crippen molar-refractivity contribution in [3.05, 3.63) is 99.1 Å². The van der Waals surface area contributed by atoms with Crippen molar-refractivity contribution in [2.75, 3.05) is 5.32 Å². The van der Waals surface area contributed by atoms with Gasteiger partial charge in [-0.05, 0) is 40.8 Å². The zero-order chi connectivity index (χ0) is 21.5. The van der Waals surface area contributed by atoms with Crippen LogP contribution < -0.4 is 5.32 Å². The molecule has 1 N–H and O–H groups in total. The molecular formula is C23H19N3O4. The summed E-state index contributed by atoms with van der Waals surface area (Å²) in [5.74, 6) is -1.03. The Kier molecular flexibility index (Phi) is 6.40. The van der Waals surface area contributed by atoms with Gasteiger partial charge >= 0.3 is 11.1 Å². The molecule has 0 aliphatic carbocycles. The van der Waals surface area contributed by atoms with Crippen LogP contribution in [0.3, 0.4) is 0 Å². The van der Waals surface area contributed by atoms with Gasteiger partial charge in [-0.25, -0.2) is 4.84 Å². The largest absolute Gasteiger partial charge is 0.380 e. The first-order valence-corrected chi connectivity index (χ1v) is 9.34. The molecule has 150 valence electrons. The van der Waals surface area contributed by atoms with Crippen LogP contribution in [-0.4, -0.2) is 11.1 Å². The van der Waals surface area contributed by atoms with E-state index in [0.717, 1.165) is 22.3 Å². The van der Waals surface area contributed by atoms with Crippen molar-refractivity contribution >= 4 is 11.7 Å². The molecule has 0 aromatic heterocycles. The van der Waals surface area contributed by atoms with Crippen LogP contribution in [0.2, 0.25) is 0 Å². The molecule has 30 heavy (non-hydrogen) atoms. The molecule has 0 aliphatic rings. The van der Waals surface area contributed by atoms with Crippen molar-refractivity contribution in [2.24, 2.45) is 0 Å². The zero-order valence-corrected chi connectivity index (χ0v) is 16.3. The molecule has 3 aromatic carbocycles. The third kappa shape index (κ3) is 4.62. The molecule has 0 saturated carbocycles. The maximum Gasteiger partial charge on any atom is 0.336 e. The van der Waals surface area contributed by atoms with Crippen LogP contribution in [0.1, 0.15) is 34.0 Å². The molecule has 0 saturated heterocycles. The topological polar surface area (TPSA) is 105 Å². The third-order valence-electron chi connectivity index (χ3n) is 4.67. The van der Waals surface area contributed by atoms with Gasteiger partial charge in [0, 0.05) is 6.54 Å². The lowest BCUT2D eigenvalue weighted by molar-refractivity contribution is -0.727. The number of nitrogens with zero attached hydrogens (tertiary/aromatic N) is 2. The Bertz CT molecular complexity index is 1120. The Hall–Kier alpha value is -4.18. The van der Waals surface area contributed by atoms with E-state index in [4.69, 9.17) is 0 Å². The summed E-state index contributed by atoms with van der Waals surface area (Å²) in [5, 5.41) is 22.2. The smallest absolute Gasteiger partial charge is 0.336 e. The van der Waals surface area contributed by atoms with Crippen LogP contribution in [0.4, 0.5) is 5.69 Å². The van der Waals surface area contributed by atoms with Crippen LogP contribution in [-0.2, 0) is 17.8 Å². The Balaban J connectivity index is 1.88. The number of nitriles is 1. The van der Waals surface area contributed by atoms with Crippen LogP contribution in [0.5, 0.6) is 0 Å². The van der Waals surface area contributed by atoms with Gasteiger partial charge in [-0.1, -0.05) is 61.5 Å². The van der Waals surface area contributed by atoms with Gasteiger partial charge < -0.3 is 5.32 Å². The molecule has 0 unspecified atom stereocenters. The lowest BCUT2D eigenvalue weighted by Gasteiger charge is -2.15. The maximum atomic E-state index is 12.1. The van der Waals surface area contributed by atoms with E-state index in [1.807, 2.05) is 55.5 Å². The van der Waals surface area contributed by atoms with Crippen molar-refractivity contribution in [2.45, 2.75) is 19.9 Å². The molecule has 0 fully saturated rings. The summed E-state index contributed by atoms with van der Waals surface area (Å²) in [6.45, 7) is 2.26. The zero-order valence-electron chi connectivity index (χ0n) is 16.3. The van der Waals surface area contributed by atoms with Gasteiger partial charge in [-0.2, -0.15) is 5.26 Å². The van der Waals surface area contributed by atoms with Gasteiger partial charge in [0.2, 0.25) is 0 Å². The van der Waals surface area contributed by atoms with E-state index in [-0.39, 0.29) is 5.56 Å². The minimum Gasteiger partial charge on any atom is -0.380 e. The quantitative estimate of drug-likeness (QED) is 0.452. The van der Waals surface area contributed by atoms with Gasteiger partial charge in [-0.3, -0.25) is 4.79 Å². The van der Waals surface area contributed by atoms with Crippen LogP contribution >= 0.6 is 0 Å². The van der Waals surface area contributed by atoms with Crippen LogP contribution in [0, 0.1) is 21.4 Å². The first-order valence-electron chi connectivity index (χ1n) is 9.34. The average molecular weight is 401 g/mol. The van der Waals surface area contributed by atoms with E-state index in [0.29, 0.717) is 24.2 Å². The second-order valence-electron chi connectivity index (χ2n) is 6.51. The number of para-hydroxylation sites is 1. The average Bonchev–Trinajstić information content (AvgIpc) is 2.77. The highest BCUT2D eigenvalue weighted by atomic mass is 17.0. The summed E-state index contributed by atoms with van der Waals surface area (Å²) in [6, 6.07) is 22.4. The number of rotatable bonds is 7. The van der Waals surface area contributed by atoms with E-state index in [9.17, 15) is 20.2 Å². The fraction of sp³-hybridized carbons (Fsp3) is 0.130. The van der Waals surface area contributed by atoms with Crippen molar-refractivity contribution in [3.63, 3.8) is 0 Å². The minimum atomic E-state index is -1.12. The number of carbonyl (C=O) groups excluding carboxylic acids is 1. The van der Waals surface area contributed by atoms with E-state index in [1.165, 1.54) is 6.07 Å². The summed E-state index contributed by atoms with van der Waals surface area (Å²) in [6.07, 6.45) is 0.623. The first kappa shape index (κ1) is 20.6. The number of anilines is 1. The van der Waals surface area contributed by atoms with Gasteiger partial charge in [0.25, 0.3) is 0 Å². The predicted octanol–water partition coefficient (Wildman–Crippen LogP) is 4.75. The number of hydrogen-bond acceptors (Lipinski definition) is 6. The summed E-state index contributed by atoms with van der Waals surface area (Å²) >= 11 is 0. The molecule has 3 aromatic rings. The second-order valence-corrected chi connectivity index (χ2v) is 6.51. The number of hydrogen-bond donors (Lipinski definition) is 1. The molecule has 3 rings (SSSR count). The summed E-state index contributed by atoms with van der Waals surface area (Å²) in [5.41, 5.74) is 4.57. The first-order chi connectivity index (χ1) is 14.5. The number of benzene rings is 3. The Morgan fingerprint density at radius 1 is 1.13 bits per heavy atom.